The van der Waals surface area contributed by atoms with Crippen LogP contribution in [0, 0.1) is 6.92 Å². The van der Waals surface area contributed by atoms with Crippen molar-refractivity contribution >= 4 is 11.7 Å². The third kappa shape index (κ3) is 3.71. The quantitative estimate of drug-likeness (QED) is 0.680. The largest absolute Gasteiger partial charge is 0.310 e. The molecule has 0 spiro atoms. The fourth-order valence-electron chi connectivity index (χ4n) is 1.07. The highest BCUT2D eigenvalue weighted by molar-refractivity contribution is 5.91. The summed E-state index contributed by atoms with van der Waals surface area (Å²) >= 11 is 0. The van der Waals surface area contributed by atoms with Gasteiger partial charge in [-0.2, -0.15) is 5.10 Å². The van der Waals surface area contributed by atoms with Crippen LogP contribution in [0.15, 0.2) is 6.20 Å². The number of hydrogen-bond acceptors (Lipinski definition) is 3. The first-order valence-electron chi connectivity index (χ1n) is 5.16. The number of rotatable bonds is 5. The average Bonchev–Trinajstić information content (AvgIpc) is 2.61. The lowest BCUT2D eigenvalue weighted by atomic mass is 10.2. The molecular weight excluding hydrogens is 192 g/mol. The molecule has 3 N–H and O–H groups in total. The number of hydrogen-bond donors (Lipinski definition) is 3. The molecule has 1 amide bonds. The van der Waals surface area contributed by atoms with Crippen LogP contribution < -0.4 is 10.6 Å². The van der Waals surface area contributed by atoms with E-state index in [1.807, 2.05) is 6.92 Å². The minimum Gasteiger partial charge on any atom is -0.310 e. The molecule has 84 valence electrons. The summed E-state index contributed by atoms with van der Waals surface area (Å²) < 4.78 is 0. The molecule has 1 aromatic heterocycles. The molecule has 0 fully saturated rings. The van der Waals surface area contributed by atoms with Crippen molar-refractivity contribution in [2.45, 2.75) is 33.2 Å². The third-order valence-corrected chi connectivity index (χ3v) is 2.32. The molecule has 0 aromatic carbocycles. The summed E-state index contributed by atoms with van der Waals surface area (Å²) in [6.07, 6.45) is 2.69. The maximum atomic E-state index is 11.5. The molecule has 5 nitrogen and oxygen atoms in total. The van der Waals surface area contributed by atoms with Crippen LogP contribution in [0.5, 0.6) is 0 Å². The lowest BCUT2D eigenvalue weighted by molar-refractivity contribution is -0.115. The number of aromatic amines is 1. The lowest BCUT2D eigenvalue weighted by Gasteiger charge is -2.10. The number of anilines is 1. The number of nitrogens with one attached hydrogen (secondary N) is 3. The maximum Gasteiger partial charge on any atom is 0.239 e. The van der Waals surface area contributed by atoms with E-state index in [0.29, 0.717) is 18.4 Å². The summed E-state index contributed by atoms with van der Waals surface area (Å²) in [5, 5.41) is 12.4. The zero-order valence-electron chi connectivity index (χ0n) is 9.42. The first kappa shape index (κ1) is 11.7. The zero-order valence-corrected chi connectivity index (χ0v) is 9.42. The Labute approximate surface area is 89.6 Å². The lowest BCUT2D eigenvalue weighted by Crippen LogP contribution is -2.34. The second-order valence-electron chi connectivity index (χ2n) is 3.67. The SMILES string of the molecule is CCC(C)NCC(=O)Nc1[nH]ncc1C. The minimum atomic E-state index is -0.0531. The van der Waals surface area contributed by atoms with E-state index in [0.717, 1.165) is 12.0 Å². The summed E-state index contributed by atoms with van der Waals surface area (Å²) in [7, 11) is 0. The molecule has 5 heteroatoms. The highest BCUT2D eigenvalue weighted by atomic mass is 16.2. The Balaban J connectivity index is 2.34. The van der Waals surface area contributed by atoms with Crippen molar-refractivity contribution in [3.63, 3.8) is 0 Å². The molecule has 1 atom stereocenters. The molecule has 0 saturated heterocycles. The number of nitrogens with zero attached hydrogens (tertiary/aromatic N) is 1. The number of carbonyl (C=O) groups is 1. The normalized spacial score (nSPS) is 12.5. The molecule has 0 saturated carbocycles. The van der Waals surface area contributed by atoms with Gasteiger partial charge in [-0.3, -0.25) is 9.89 Å². The van der Waals surface area contributed by atoms with Gasteiger partial charge in [0.2, 0.25) is 5.91 Å². The molecular formula is C10H18N4O. The highest BCUT2D eigenvalue weighted by Gasteiger charge is 2.06. The minimum absolute atomic E-state index is 0.0531. The molecule has 0 bridgehead atoms. The Morgan fingerprint density at radius 3 is 2.93 bits per heavy atom. The summed E-state index contributed by atoms with van der Waals surface area (Å²) in [5.41, 5.74) is 0.937. The van der Waals surface area contributed by atoms with Crippen LogP contribution in [0.4, 0.5) is 5.82 Å². The number of H-pyrrole nitrogens is 1. The van der Waals surface area contributed by atoms with Gasteiger partial charge in [-0.1, -0.05) is 6.92 Å². The first-order valence-corrected chi connectivity index (χ1v) is 5.16. The smallest absolute Gasteiger partial charge is 0.239 e. The van der Waals surface area contributed by atoms with E-state index in [9.17, 15) is 4.79 Å². The van der Waals surface area contributed by atoms with E-state index in [2.05, 4.69) is 34.7 Å². The monoisotopic (exact) mass is 210 g/mol. The Kier molecular flexibility index (Phi) is 4.30. The van der Waals surface area contributed by atoms with Crippen molar-refractivity contribution in [3.8, 4) is 0 Å². The summed E-state index contributed by atoms with van der Waals surface area (Å²) in [5.74, 6) is 0.619. The fourth-order valence-corrected chi connectivity index (χ4v) is 1.07. The molecule has 1 heterocycles. The van der Waals surface area contributed by atoms with Gasteiger partial charge in [-0.25, -0.2) is 0 Å². The summed E-state index contributed by atoms with van der Waals surface area (Å²) in [6.45, 7) is 6.35. The fraction of sp³-hybridized carbons (Fsp3) is 0.600. The van der Waals surface area contributed by atoms with Crippen molar-refractivity contribution in [2.24, 2.45) is 0 Å². The molecule has 0 aliphatic carbocycles. The second kappa shape index (κ2) is 5.50. The Morgan fingerprint density at radius 1 is 1.67 bits per heavy atom. The van der Waals surface area contributed by atoms with Gasteiger partial charge in [0.1, 0.15) is 5.82 Å². The third-order valence-electron chi connectivity index (χ3n) is 2.32. The van der Waals surface area contributed by atoms with Gasteiger partial charge in [-0.15, -0.1) is 0 Å². The highest BCUT2D eigenvalue weighted by Crippen LogP contribution is 2.07. The molecule has 1 rings (SSSR count). The first-order chi connectivity index (χ1) is 7.13. The number of carbonyl (C=O) groups excluding carboxylic acids is 1. The Hall–Kier alpha value is -1.36. The topological polar surface area (TPSA) is 69.8 Å². The summed E-state index contributed by atoms with van der Waals surface area (Å²) in [6, 6.07) is 0.360. The maximum absolute atomic E-state index is 11.5. The van der Waals surface area contributed by atoms with Crippen molar-refractivity contribution < 1.29 is 4.79 Å². The number of aromatic nitrogens is 2. The van der Waals surface area contributed by atoms with Crippen molar-refractivity contribution in [1.82, 2.24) is 15.5 Å². The van der Waals surface area contributed by atoms with Crippen LogP contribution in [0.2, 0.25) is 0 Å². The van der Waals surface area contributed by atoms with Gasteiger partial charge in [0.05, 0.1) is 12.7 Å². The van der Waals surface area contributed by atoms with Crippen molar-refractivity contribution in [2.75, 3.05) is 11.9 Å². The second-order valence-corrected chi connectivity index (χ2v) is 3.67. The number of amides is 1. The van der Waals surface area contributed by atoms with Crippen molar-refractivity contribution in [1.29, 1.82) is 0 Å². The van der Waals surface area contributed by atoms with Crippen molar-refractivity contribution in [3.05, 3.63) is 11.8 Å². The predicted molar refractivity (Wildman–Crippen MR) is 59.7 cm³/mol. The Bertz CT molecular complexity index is 321. The number of aryl methyl sites for hydroxylation is 1. The molecule has 1 unspecified atom stereocenters. The standard InChI is InChI=1S/C10H18N4O/c1-4-8(3)11-6-9(15)13-10-7(2)5-12-14-10/h5,8,11H,4,6H2,1-3H3,(H2,12,13,14,15). The van der Waals surface area contributed by atoms with Crippen LogP contribution >= 0.6 is 0 Å². The Morgan fingerprint density at radius 2 is 2.40 bits per heavy atom. The van der Waals surface area contributed by atoms with E-state index in [-0.39, 0.29) is 5.91 Å². The molecule has 0 aliphatic heterocycles. The van der Waals surface area contributed by atoms with Crippen LogP contribution in [0.25, 0.3) is 0 Å². The van der Waals surface area contributed by atoms with Gasteiger partial charge >= 0.3 is 0 Å². The van der Waals surface area contributed by atoms with E-state index in [4.69, 9.17) is 0 Å². The predicted octanol–water partition coefficient (Wildman–Crippen LogP) is 1.04. The van der Waals surface area contributed by atoms with Gasteiger partial charge in [0.25, 0.3) is 0 Å². The molecule has 15 heavy (non-hydrogen) atoms. The zero-order chi connectivity index (χ0) is 11.3. The van der Waals surface area contributed by atoms with E-state index >= 15 is 0 Å². The van der Waals surface area contributed by atoms with E-state index in [1.54, 1.807) is 6.20 Å². The summed E-state index contributed by atoms with van der Waals surface area (Å²) in [4.78, 5) is 11.5. The van der Waals surface area contributed by atoms with Gasteiger partial charge < -0.3 is 10.6 Å². The van der Waals surface area contributed by atoms with Gasteiger partial charge in [0, 0.05) is 11.6 Å². The molecule has 0 aliphatic rings. The molecule has 1 aromatic rings. The van der Waals surface area contributed by atoms with Gasteiger partial charge in [0.15, 0.2) is 0 Å². The van der Waals surface area contributed by atoms with E-state index < -0.39 is 0 Å². The van der Waals surface area contributed by atoms with Crippen LogP contribution in [-0.2, 0) is 4.79 Å². The van der Waals surface area contributed by atoms with E-state index in [1.165, 1.54) is 0 Å². The van der Waals surface area contributed by atoms with Crippen LogP contribution in [-0.4, -0.2) is 28.7 Å². The van der Waals surface area contributed by atoms with Crippen LogP contribution in [0.3, 0.4) is 0 Å². The average molecular weight is 210 g/mol. The molecule has 0 radical (unpaired) electrons. The van der Waals surface area contributed by atoms with Crippen LogP contribution in [0.1, 0.15) is 25.8 Å². The van der Waals surface area contributed by atoms with Gasteiger partial charge in [-0.05, 0) is 20.3 Å².